The lowest BCUT2D eigenvalue weighted by Gasteiger charge is -2.32. The summed E-state index contributed by atoms with van der Waals surface area (Å²) in [5, 5.41) is 10.1. The van der Waals surface area contributed by atoms with Crippen molar-refractivity contribution in [2.24, 2.45) is 15.4 Å². The number of benzene rings is 1. The zero-order chi connectivity index (χ0) is 16.6. The molecular weight excluding hydrogens is 302 g/mol. The van der Waals surface area contributed by atoms with E-state index in [9.17, 15) is 5.11 Å². The largest absolute Gasteiger partial charge is 0.479 e. The van der Waals surface area contributed by atoms with Crippen molar-refractivity contribution in [2.75, 3.05) is 0 Å². The SMILES string of the molecule is CC1(C2=NC(c3nc(-c4ccccc4)oc3O)N=C2)CCCCC1. The first-order valence-corrected chi connectivity index (χ1v) is 8.52. The van der Waals surface area contributed by atoms with Gasteiger partial charge in [0.05, 0.1) is 5.71 Å². The molecule has 124 valence electrons. The highest BCUT2D eigenvalue weighted by Gasteiger charge is 2.35. The molecule has 4 rings (SSSR count). The van der Waals surface area contributed by atoms with Crippen LogP contribution in [0.2, 0.25) is 0 Å². The molecule has 1 aromatic heterocycles. The Morgan fingerprint density at radius 2 is 1.88 bits per heavy atom. The fourth-order valence-electron chi connectivity index (χ4n) is 3.57. The summed E-state index contributed by atoms with van der Waals surface area (Å²) in [4.78, 5) is 13.6. The first kappa shape index (κ1) is 15.1. The summed E-state index contributed by atoms with van der Waals surface area (Å²) >= 11 is 0. The second-order valence-electron chi connectivity index (χ2n) is 6.86. The van der Waals surface area contributed by atoms with E-state index in [4.69, 9.17) is 9.41 Å². The highest BCUT2D eigenvalue weighted by Crippen LogP contribution is 2.41. The molecule has 1 fully saturated rings. The quantitative estimate of drug-likeness (QED) is 0.901. The van der Waals surface area contributed by atoms with Gasteiger partial charge in [0.25, 0.3) is 0 Å². The monoisotopic (exact) mass is 323 g/mol. The summed E-state index contributed by atoms with van der Waals surface area (Å²) in [7, 11) is 0. The zero-order valence-corrected chi connectivity index (χ0v) is 13.8. The smallest absolute Gasteiger partial charge is 0.310 e. The summed E-state index contributed by atoms with van der Waals surface area (Å²) in [5.41, 5.74) is 2.33. The van der Waals surface area contributed by atoms with E-state index in [0.29, 0.717) is 11.6 Å². The zero-order valence-electron chi connectivity index (χ0n) is 13.8. The van der Waals surface area contributed by atoms with Gasteiger partial charge in [-0.3, -0.25) is 9.98 Å². The van der Waals surface area contributed by atoms with Gasteiger partial charge >= 0.3 is 5.95 Å². The molecule has 2 aliphatic rings. The van der Waals surface area contributed by atoms with Gasteiger partial charge < -0.3 is 9.52 Å². The third kappa shape index (κ3) is 2.64. The standard InChI is InChI=1S/C19H21N3O2/c1-19(10-6-3-7-11-19)14-12-20-16(21-14)15-18(23)24-17(22-15)13-8-4-2-5-9-13/h2,4-5,8-9,12,16,23H,3,6-7,10-11H2,1H3. The van der Waals surface area contributed by atoms with Crippen LogP contribution >= 0.6 is 0 Å². The molecule has 0 saturated heterocycles. The van der Waals surface area contributed by atoms with Crippen LogP contribution in [0.1, 0.15) is 50.9 Å². The summed E-state index contributed by atoms with van der Waals surface area (Å²) in [6, 6.07) is 9.53. The lowest BCUT2D eigenvalue weighted by Crippen LogP contribution is -2.30. The van der Waals surface area contributed by atoms with Crippen molar-refractivity contribution in [1.82, 2.24) is 4.98 Å². The molecule has 1 aliphatic carbocycles. The van der Waals surface area contributed by atoms with Gasteiger partial charge in [0.2, 0.25) is 5.89 Å². The van der Waals surface area contributed by atoms with Crippen LogP contribution < -0.4 is 0 Å². The van der Waals surface area contributed by atoms with E-state index in [2.05, 4.69) is 16.9 Å². The molecule has 24 heavy (non-hydrogen) atoms. The Bertz CT molecular complexity index is 786. The fraction of sp³-hybridized carbons (Fsp3) is 0.421. The minimum atomic E-state index is -0.500. The number of aliphatic imine (C=N–C) groups is 2. The van der Waals surface area contributed by atoms with E-state index < -0.39 is 6.17 Å². The van der Waals surface area contributed by atoms with Gasteiger partial charge in [0.1, 0.15) is 0 Å². The summed E-state index contributed by atoms with van der Waals surface area (Å²) in [6.07, 6.45) is 7.41. The average Bonchev–Trinajstić information content (AvgIpc) is 3.23. The Hall–Kier alpha value is -2.43. The molecule has 1 saturated carbocycles. The van der Waals surface area contributed by atoms with E-state index in [1.54, 1.807) is 0 Å². The van der Waals surface area contributed by atoms with Crippen molar-refractivity contribution >= 4 is 11.9 Å². The van der Waals surface area contributed by atoms with Crippen LogP contribution in [0, 0.1) is 5.41 Å². The molecular formula is C19H21N3O2. The molecule has 0 spiro atoms. The van der Waals surface area contributed by atoms with Gasteiger partial charge in [0, 0.05) is 17.2 Å². The Morgan fingerprint density at radius 3 is 2.62 bits per heavy atom. The maximum absolute atomic E-state index is 10.1. The van der Waals surface area contributed by atoms with Crippen LogP contribution in [-0.4, -0.2) is 22.0 Å². The molecule has 1 aliphatic heterocycles. The normalized spacial score (nSPS) is 22.5. The Labute approximate surface area is 141 Å². The Kier molecular flexibility index (Phi) is 3.71. The highest BCUT2D eigenvalue weighted by atomic mass is 16.5. The van der Waals surface area contributed by atoms with Crippen molar-refractivity contribution in [3.05, 3.63) is 36.0 Å². The van der Waals surface area contributed by atoms with E-state index in [1.807, 2.05) is 36.5 Å². The van der Waals surface area contributed by atoms with Crippen LogP contribution in [0.5, 0.6) is 5.95 Å². The van der Waals surface area contributed by atoms with E-state index >= 15 is 0 Å². The Balaban J connectivity index is 1.61. The number of nitrogens with zero attached hydrogens (tertiary/aromatic N) is 3. The maximum atomic E-state index is 10.1. The molecule has 5 heteroatoms. The topological polar surface area (TPSA) is 71.0 Å². The van der Waals surface area contributed by atoms with Gasteiger partial charge in [-0.1, -0.05) is 44.4 Å². The first-order valence-electron chi connectivity index (χ1n) is 8.52. The lowest BCUT2D eigenvalue weighted by atomic mass is 9.72. The second kappa shape index (κ2) is 5.89. The number of oxazole rings is 1. The molecule has 2 heterocycles. The van der Waals surface area contributed by atoms with Gasteiger partial charge in [0.15, 0.2) is 11.9 Å². The number of hydrogen-bond donors (Lipinski definition) is 1. The van der Waals surface area contributed by atoms with Gasteiger partial charge in [-0.25, -0.2) is 4.98 Å². The van der Waals surface area contributed by atoms with Gasteiger partial charge in [-0.15, -0.1) is 0 Å². The van der Waals surface area contributed by atoms with Crippen LogP contribution in [0.3, 0.4) is 0 Å². The predicted octanol–water partition coefficient (Wildman–Crippen LogP) is 4.54. The van der Waals surface area contributed by atoms with Crippen LogP contribution in [0.25, 0.3) is 11.5 Å². The molecule has 5 nitrogen and oxygen atoms in total. The van der Waals surface area contributed by atoms with Crippen molar-refractivity contribution in [1.29, 1.82) is 0 Å². The molecule has 1 N–H and O–H groups in total. The summed E-state index contributed by atoms with van der Waals surface area (Å²) < 4.78 is 5.42. The van der Waals surface area contributed by atoms with Crippen LogP contribution in [0.15, 0.2) is 44.7 Å². The van der Waals surface area contributed by atoms with Crippen LogP contribution in [-0.2, 0) is 0 Å². The van der Waals surface area contributed by atoms with Crippen molar-refractivity contribution < 1.29 is 9.52 Å². The molecule has 1 aromatic carbocycles. The molecule has 1 unspecified atom stereocenters. The number of aromatic hydroxyl groups is 1. The van der Waals surface area contributed by atoms with E-state index in [0.717, 1.165) is 24.1 Å². The molecule has 1 atom stereocenters. The highest BCUT2D eigenvalue weighted by molar-refractivity contribution is 6.34. The minimum absolute atomic E-state index is 0.0954. The van der Waals surface area contributed by atoms with Gasteiger partial charge in [-0.05, 0) is 25.0 Å². The third-order valence-corrected chi connectivity index (χ3v) is 5.07. The van der Waals surface area contributed by atoms with Crippen molar-refractivity contribution in [3.8, 4) is 17.4 Å². The van der Waals surface area contributed by atoms with Crippen molar-refractivity contribution in [3.63, 3.8) is 0 Å². The number of aromatic nitrogens is 1. The number of rotatable bonds is 3. The lowest BCUT2D eigenvalue weighted by molar-refractivity contribution is 0.314. The minimum Gasteiger partial charge on any atom is -0.479 e. The van der Waals surface area contributed by atoms with Crippen molar-refractivity contribution in [2.45, 2.75) is 45.2 Å². The van der Waals surface area contributed by atoms with E-state index in [1.165, 1.54) is 19.3 Å². The molecule has 0 amide bonds. The maximum Gasteiger partial charge on any atom is 0.310 e. The second-order valence-corrected chi connectivity index (χ2v) is 6.86. The molecule has 2 aromatic rings. The average molecular weight is 323 g/mol. The Morgan fingerprint density at radius 1 is 1.12 bits per heavy atom. The summed E-state index contributed by atoms with van der Waals surface area (Å²) in [6.45, 7) is 2.26. The van der Waals surface area contributed by atoms with Gasteiger partial charge in [-0.2, -0.15) is 0 Å². The molecule has 0 bridgehead atoms. The number of hydrogen-bond acceptors (Lipinski definition) is 5. The van der Waals surface area contributed by atoms with Crippen LogP contribution in [0.4, 0.5) is 0 Å². The first-order chi connectivity index (χ1) is 11.7. The van der Waals surface area contributed by atoms with E-state index in [-0.39, 0.29) is 11.4 Å². The fourth-order valence-corrected chi connectivity index (χ4v) is 3.57. The predicted molar refractivity (Wildman–Crippen MR) is 93.5 cm³/mol. The third-order valence-electron chi connectivity index (χ3n) is 5.07. The summed E-state index contributed by atoms with van der Waals surface area (Å²) in [5.74, 6) is 0.195. The molecule has 0 radical (unpaired) electrons.